The van der Waals surface area contributed by atoms with E-state index >= 15 is 0 Å². The van der Waals surface area contributed by atoms with Crippen LogP contribution in [-0.4, -0.2) is 12.6 Å². The molecule has 1 rings (SSSR count). The lowest BCUT2D eigenvalue weighted by molar-refractivity contribution is -0.137. The van der Waals surface area contributed by atoms with Crippen molar-refractivity contribution in [2.45, 2.75) is 12.3 Å². The zero-order valence-electron chi connectivity index (χ0n) is 7.96. The van der Waals surface area contributed by atoms with Gasteiger partial charge >= 0.3 is 6.18 Å². The summed E-state index contributed by atoms with van der Waals surface area (Å²) in [5.41, 5.74) is -0.797. The summed E-state index contributed by atoms with van der Waals surface area (Å²) >= 11 is 0. The molecule has 0 aromatic heterocycles. The summed E-state index contributed by atoms with van der Waals surface area (Å²) in [6.45, 7) is -0.436. The highest BCUT2D eigenvalue weighted by Crippen LogP contribution is 2.30. The monoisotopic (exact) mass is 233 g/mol. The van der Waals surface area contributed by atoms with E-state index in [-0.39, 0.29) is 5.56 Å². The van der Waals surface area contributed by atoms with E-state index in [1.165, 1.54) is 0 Å². The molecule has 1 aromatic carbocycles. The maximum absolute atomic E-state index is 13.2. The largest absolute Gasteiger partial charge is 0.416 e. The summed E-state index contributed by atoms with van der Waals surface area (Å²) in [6.07, 6.45) is -4.87. The van der Waals surface area contributed by atoms with Gasteiger partial charge in [0, 0.05) is 0 Å². The third-order valence-corrected chi connectivity index (χ3v) is 1.92. The molecule has 1 aromatic rings. The summed E-state index contributed by atoms with van der Waals surface area (Å²) in [4.78, 5) is 12.7. The van der Waals surface area contributed by atoms with Crippen LogP contribution < -0.4 is 0 Å². The zero-order chi connectivity index (χ0) is 12.2. The molecule has 0 aliphatic carbocycles. The van der Waals surface area contributed by atoms with Gasteiger partial charge in [-0.3, -0.25) is 0 Å². The molecule has 0 heterocycles. The average Bonchev–Trinajstić information content (AvgIpc) is 2.25. The molecule has 1 unspecified atom stereocenters. The van der Waals surface area contributed by atoms with Gasteiger partial charge in [0.2, 0.25) is 6.08 Å². The molecule has 0 fully saturated rings. The number of rotatable bonds is 3. The van der Waals surface area contributed by atoms with Gasteiger partial charge in [0.1, 0.15) is 6.17 Å². The van der Waals surface area contributed by atoms with E-state index in [9.17, 15) is 22.4 Å². The number of hydrogen-bond acceptors (Lipinski definition) is 2. The highest BCUT2D eigenvalue weighted by Gasteiger charge is 2.30. The summed E-state index contributed by atoms with van der Waals surface area (Å²) in [5.74, 6) is 0. The lowest BCUT2D eigenvalue weighted by Gasteiger charge is -2.08. The number of halogens is 4. The Hall–Kier alpha value is -1.68. The maximum atomic E-state index is 13.2. The van der Waals surface area contributed by atoms with Gasteiger partial charge in [-0.2, -0.15) is 13.2 Å². The number of benzene rings is 1. The van der Waals surface area contributed by atoms with Crippen molar-refractivity contribution in [1.82, 2.24) is 0 Å². The maximum Gasteiger partial charge on any atom is 0.416 e. The van der Waals surface area contributed by atoms with Crippen LogP contribution in [0.2, 0.25) is 0 Å². The van der Waals surface area contributed by atoms with Crippen molar-refractivity contribution in [3.63, 3.8) is 0 Å². The quantitative estimate of drug-likeness (QED) is 0.448. The van der Waals surface area contributed by atoms with E-state index in [1.807, 2.05) is 0 Å². The van der Waals surface area contributed by atoms with Gasteiger partial charge in [-0.1, -0.05) is 12.1 Å². The number of hydrogen-bond donors (Lipinski definition) is 0. The predicted molar refractivity (Wildman–Crippen MR) is 48.3 cm³/mol. The Morgan fingerprint density at radius 2 is 1.81 bits per heavy atom. The van der Waals surface area contributed by atoms with Crippen LogP contribution in [0.3, 0.4) is 0 Å². The highest BCUT2D eigenvalue weighted by atomic mass is 19.4. The first kappa shape index (κ1) is 12.4. The van der Waals surface area contributed by atoms with E-state index in [0.29, 0.717) is 0 Å². The molecule has 0 aliphatic rings. The van der Waals surface area contributed by atoms with Gasteiger partial charge in [-0.05, 0) is 17.7 Å². The molecule has 0 N–H and O–H groups in total. The van der Waals surface area contributed by atoms with E-state index < -0.39 is 24.5 Å². The molecule has 6 heteroatoms. The minimum atomic E-state index is -4.44. The van der Waals surface area contributed by atoms with Crippen molar-refractivity contribution in [2.75, 3.05) is 6.54 Å². The molecular formula is C10H7F4NO. The number of nitrogens with zero attached hydrogens (tertiary/aromatic N) is 1. The standard InChI is InChI=1S/C10H7F4NO/c11-9(5-15-6-16)7-1-3-8(4-2-7)10(12,13)14/h1-4,9H,5H2. The lowest BCUT2D eigenvalue weighted by Crippen LogP contribution is -2.05. The number of aliphatic imine (C=N–C) groups is 1. The fraction of sp³-hybridized carbons (Fsp3) is 0.300. The molecule has 0 spiro atoms. The van der Waals surface area contributed by atoms with Crippen LogP contribution in [0.25, 0.3) is 0 Å². The fourth-order valence-electron chi connectivity index (χ4n) is 1.10. The van der Waals surface area contributed by atoms with Crippen molar-refractivity contribution in [1.29, 1.82) is 0 Å². The lowest BCUT2D eigenvalue weighted by atomic mass is 10.1. The van der Waals surface area contributed by atoms with E-state index in [4.69, 9.17) is 0 Å². The Balaban J connectivity index is 2.82. The molecule has 0 saturated carbocycles. The number of alkyl halides is 4. The number of carbonyl (C=O) groups excluding carboxylic acids is 1. The first-order valence-corrected chi connectivity index (χ1v) is 4.30. The Labute approximate surface area is 88.6 Å². The predicted octanol–water partition coefficient (Wildman–Crippen LogP) is 3.05. The van der Waals surface area contributed by atoms with Crippen LogP contribution in [0, 0.1) is 0 Å². The van der Waals surface area contributed by atoms with Crippen molar-refractivity contribution < 1.29 is 22.4 Å². The zero-order valence-corrected chi connectivity index (χ0v) is 7.96. The van der Waals surface area contributed by atoms with Crippen LogP contribution in [0.5, 0.6) is 0 Å². The van der Waals surface area contributed by atoms with Crippen LogP contribution >= 0.6 is 0 Å². The molecule has 1 atom stereocenters. The van der Waals surface area contributed by atoms with Crippen molar-refractivity contribution in [2.24, 2.45) is 4.99 Å². The Kier molecular flexibility index (Phi) is 3.79. The van der Waals surface area contributed by atoms with Gasteiger partial charge in [-0.25, -0.2) is 14.2 Å². The second-order valence-corrected chi connectivity index (χ2v) is 3.02. The van der Waals surface area contributed by atoms with Crippen LogP contribution in [0.4, 0.5) is 17.6 Å². The second kappa shape index (κ2) is 4.90. The van der Waals surface area contributed by atoms with Crippen LogP contribution in [0.15, 0.2) is 29.3 Å². The minimum absolute atomic E-state index is 0.0481. The van der Waals surface area contributed by atoms with Crippen LogP contribution in [-0.2, 0) is 11.0 Å². The smallest absolute Gasteiger partial charge is 0.240 e. The molecule has 16 heavy (non-hydrogen) atoms. The first-order valence-electron chi connectivity index (χ1n) is 4.30. The third kappa shape index (κ3) is 3.17. The van der Waals surface area contributed by atoms with Crippen LogP contribution in [0.1, 0.15) is 17.3 Å². The van der Waals surface area contributed by atoms with Gasteiger partial charge in [0.15, 0.2) is 0 Å². The van der Waals surface area contributed by atoms with Gasteiger partial charge in [-0.15, -0.1) is 0 Å². The molecule has 86 valence electrons. The van der Waals surface area contributed by atoms with Crippen molar-refractivity contribution in [3.05, 3.63) is 35.4 Å². The average molecular weight is 233 g/mol. The first-order chi connectivity index (χ1) is 7.45. The topological polar surface area (TPSA) is 29.4 Å². The van der Waals surface area contributed by atoms with E-state index in [1.54, 1.807) is 0 Å². The van der Waals surface area contributed by atoms with Crippen molar-refractivity contribution in [3.8, 4) is 0 Å². The third-order valence-electron chi connectivity index (χ3n) is 1.92. The molecule has 0 bridgehead atoms. The molecule has 0 saturated heterocycles. The SMILES string of the molecule is O=C=NCC(F)c1ccc(C(F)(F)F)cc1. The fourth-order valence-corrected chi connectivity index (χ4v) is 1.10. The van der Waals surface area contributed by atoms with Crippen molar-refractivity contribution >= 4 is 6.08 Å². The second-order valence-electron chi connectivity index (χ2n) is 3.02. The van der Waals surface area contributed by atoms with Gasteiger partial charge in [0.25, 0.3) is 0 Å². The Bertz CT molecular complexity index is 392. The van der Waals surface area contributed by atoms with Gasteiger partial charge in [0.05, 0.1) is 12.1 Å². The minimum Gasteiger partial charge on any atom is -0.240 e. The highest BCUT2D eigenvalue weighted by molar-refractivity contribution is 5.33. The molecule has 2 nitrogen and oxygen atoms in total. The number of isocyanates is 1. The Morgan fingerprint density at radius 1 is 1.25 bits per heavy atom. The van der Waals surface area contributed by atoms with E-state index in [0.717, 1.165) is 30.3 Å². The molecular weight excluding hydrogens is 226 g/mol. The molecule has 0 amide bonds. The van der Waals surface area contributed by atoms with E-state index in [2.05, 4.69) is 4.99 Å². The molecule has 0 radical (unpaired) electrons. The summed E-state index contributed by atoms with van der Waals surface area (Å²) in [7, 11) is 0. The normalized spacial score (nSPS) is 13.0. The van der Waals surface area contributed by atoms with Gasteiger partial charge < -0.3 is 0 Å². The Morgan fingerprint density at radius 3 is 2.25 bits per heavy atom. The molecule has 0 aliphatic heterocycles. The summed E-state index contributed by atoms with van der Waals surface area (Å²) in [6, 6.07) is 3.61. The summed E-state index contributed by atoms with van der Waals surface area (Å²) in [5, 5.41) is 0. The summed E-state index contributed by atoms with van der Waals surface area (Å²) < 4.78 is 49.7.